The minimum Gasteiger partial charge on any atom is -0.491 e. The van der Waals surface area contributed by atoms with E-state index in [9.17, 15) is 4.79 Å². The number of aryl methyl sites for hydroxylation is 2. The van der Waals surface area contributed by atoms with E-state index in [4.69, 9.17) is 10.5 Å². The molecule has 0 saturated heterocycles. The third-order valence-electron chi connectivity index (χ3n) is 5.21. The number of ether oxygens (including phenoxy) is 1. The summed E-state index contributed by atoms with van der Waals surface area (Å²) in [4.78, 5) is 16.8. The molecular formula is C25H33N5O2. The molecule has 3 aromatic rings. The van der Waals surface area contributed by atoms with Gasteiger partial charge in [0.1, 0.15) is 11.6 Å². The van der Waals surface area contributed by atoms with E-state index >= 15 is 0 Å². The molecule has 0 spiro atoms. The molecule has 0 saturated carbocycles. The van der Waals surface area contributed by atoms with E-state index in [1.807, 2.05) is 61.7 Å². The fourth-order valence-electron chi connectivity index (χ4n) is 3.45. The summed E-state index contributed by atoms with van der Waals surface area (Å²) < 4.78 is 8.07. The second-order valence-corrected chi connectivity index (χ2v) is 7.74. The number of nitrogen functional groups attached to an aromatic ring is 1. The van der Waals surface area contributed by atoms with E-state index in [2.05, 4.69) is 27.1 Å². The molecule has 2 aromatic carbocycles. The maximum absolute atomic E-state index is 12.1. The molecule has 170 valence electrons. The SMILES string of the molecule is CCCCCNC(=O)Nc1ccccc1OCCCn1cc(-c2ccccc2N)nc1C. The molecule has 0 aliphatic carbocycles. The molecule has 0 fully saturated rings. The van der Waals surface area contributed by atoms with E-state index in [1.165, 1.54) is 0 Å². The van der Waals surface area contributed by atoms with E-state index in [-0.39, 0.29) is 6.03 Å². The van der Waals surface area contributed by atoms with Gasteiger partial charge in [-0.1, -0.05) is 50.1 Å². The van der Waals surface area contributed by atoms with Crippen LogP contribution in [0.2, 0.25) is 0 Å². The van der Waals surface area contributed by atoms with Crippen molar-refractivity contribution in [2.24, 2.45) is 0 Å². The van der Waals surface area contributed by atoms with Crippen molar-refractivity contribution < 1.29 is 9.53 Å². The van der Waals surface area contributed by atoms with Crippen LogP contribution in [0.5, 0.6) is 5.75 Å². The van der Waals surface area contributed by atoms with Crippen LogP contribution in [0.15, 0.2) is 54.7 Å². The van der Waals surface area contributed by atoms with Crippen molar-refractivity contribution in [1.29, 1.82) is 0 Å². The number of carbonyl (C=O) groups is 1. The van der Waals surface area contributed by atoms with Gasteiger partial charge in [0.05, 0.1) is 18.0 Å². The zero-order valence-electron chi connectivity index (χ0n) is 18.9. The highest BCUT2D eigenvalue weighted by molar-refractivity contribution is 5.90. The number of urea groups is 1. The monoisotopic (exact) mass is 435 g/mol. The van der Waals surface area contributed by atoms with Gasteiger partial charge in [-0.2, -0.15) is 0 Å². The van der Waals surface area contributed by atoms with Gasteiger partial charge in [0, 0.05) is 30.5 Å². The first-order valence-corrected chi connectivity index (χ1v) is 11.2. The van der Waals surface area contributed by atoms with Crippen LogP contribution < -0.4 is 21.1 Å². The van der Waals surface area contributed by atoms with Crippen molar-refractivity contribution in [3.05, 3.63) is 60.6 Å². The Morgan fingerprint density at radius 1 is 1.09 bits per heavy atom. The number of anilines is 2. The molecule has 0 bridgehead atoms. The number of carbonyl (C=O) groups excluding carboxylic acids is 1. The van der Waals surface area contributed by atoms with Gasteiger partial charge in [0.15, 0.2) is 0 Å². The fourth-order valence-corrected chi connectivity index (χ4v) is 3.45. The summed E-state index contributed by atoms with van der Waals surface area (Å²) in [7, 11) is 0. The Morgan fingerprint density at radius 3 is 2.69 bits per heavy atom. The van der Waals surface area contributed by atoms with Gasteiger partial charge < -0.3 is 25.7 Å². The number of imidazole rings is 1. The summed E-state index contributed by atoms with van der Waals surface area (Å²) >= 11 is 0. The lowest BCUT2D eigenvalue weighted by molar-refractivity contribution is 0.251. The summed E-state index contributed by atoms with van der Waals surface area (Å²) in [5, 5.41) is 5.76. The molecule has 1 heterocycles. The number of hydrogen-bond acceptors (Lipinski definition) is 4. The van der Waals surface area contributed by atoms with E-state index in [0.29, 0.717) is 24.6 Å². The number of hydrogen-bond donors (Lipinski definition) is 3. The van der Waals surface area contributed by atoms with Gasteiger partial charge in [-0.25, -0.2) is 9.78 Å². The average molecular weight is 436 g/mol. The van der Waals surface area contributed by atoms with Crippen LogP contribution in [0.3, 0.4) is 0 Å². The summed E-state index contributed by atoms with van der Waals surface area (Å²) in [5.41, 5.74) is 9.29. The maximum atomic E-state index is 12.1. The van der Waals surface area contributed by atoms with Crippen molar-refractivity contribution in [1.82, 2.24) is 14.9 Å². The van der Waals surface area contributed by atoms with E-state index in [0.717, 1.165) is 55.0 Å². The molecule has 2 amide bonds. The first kappa shape index (κ1) is 23.2. The lowest BCUT2D eigenvalue weighted by atomic mass is 10.1. The van der Waals surface area contributed by atoms with Gasteiger partial charge >= 0.3 is 6.03 Å². The van der Waals surface area contributed by atoms with Gasteiger partial charge in [-0.3, -0.25) is 0 Å². The van der Waals surface area contributed by atoms with Crippen LogP contribution in [0.25, 0.3) is 11.3 Å². The zero-order chi connectivity index (χ0) is 22.8. The number of amides is 2. The largest absolute Gasteiger partial charge is 0.491 e. The highest BCUT2D eigenvalue weighted by Gasteiger charge is 2.10. The molecule has 7 heteroatoms. The van der Waals surface area contributed by atoms with Crippen LogP contribution in [-0.2, 0) is 6.54 Å². The number of aromatic nitrogens is 2. The summed E-state index contributed by atoms with van der Waals surface area (Å²) in [6.07, 6.45) is 6.04. The second-order valence-electron chi connectivity index (χ2n) is 7.74. The molecule has 0 radical (unpaired) electrons. The average Bonchev–Trinajstić information content (AvgIpc) is 3.16. The minimum absolute atomic E-state index is 0.209. The van der Waals surface area contributed by atoms with Crippen molar-refractivity contribution in [3.8, 4) is 17.0 Å². The number of para-hydroxylation sites is 3. The van der Waals surface area contributed by atoms with Gasteiger partial charge in [0.2, 0.25) is 0 Å². The Balaban J connectivity index is 1.50. The predicted octanol–water partition coefficient (Wildman–Crippen LogP) is 5.22. The van der Waals surface area contributed by atoms with Crippen molar-refractivity contribution in [3.63, 3.8) is 0 Å². The van der Waals surface area contributed by atoms with Gasteiger partial charge in [0.25, 0.3) is 0 Å². The van der Waals surface area contributed by atoms with Gasteiger partial charge in [-0.15, -0.1) is 0 Å². The Labute approximate surface area is 190 Å². The molecule has 0 atom stereocenters. The minimum atomic E-state index is -0.209. The Morgan fingerprint density at radius 2 is 1.88 bits per heavy atom. The highest BCUT2D eigenvalue weighted by Crippen LogP contribution is 2.25. The van der Waals surface area contributed by atoms with E-state index in [1.54, 1.807) is 0 Å². The Hall–Kier alpha value is -3.48. The third-order valence-corrected chi connectivity index (χ3v) is 5.21. The molecule has 1 aromatic heterocycles. The predicted molar refractivity (Wildman–Crippen MR) is 130 cm³/mol. The molecule has 0 unspecified atom stereocenters. The van der Waals surface area contributed by atoms with Crippen LogP contribution in [-0.4, -0.2) is 28.7 Å². The third kappa shape index (κ3) is 6.51. The molecule has 32 heavy (non-hydrogen) atoms. The molecule has 3 rings (SSSR count). The molecule has 0 aliphatic heterocycles. The normalized spacial score (nSPS) is 10.7. The highest BCUT2D eigenvalue weighted by atomic mass is 16.5. The summed E-state index contributed by atoms with van der Waals surface area (Å²) in [5.74, 6) is 1.60. The number of benzene rings is 2. The van der Waals surface area contributed by atoms with Crippen LogP contribution >= 0.6 is 0 Å². The van der Waals surface area contributed by atoms with Crippen molar-refractivity contribution in [2.75, 3.05) is 24.2 Å². The van der Waals surface area contributed by atoms with Crippen LogP contribution in [0, 0.1) is 6.92 Å². The number of nitrogens with zero attached hydrogens (tertiary/aromatic N) is 2. The zero-order valence-corrected chi connectivity index (χ0v) is 18.9. The molecule has 4 N–H and O–H groups in total. The van der Waals surface area contributed by atoms with Crippen LogP contribution in [0.4, 0.5) is 16.2 Å². The number of rotatable bonds is 11. The summed E-state index contributed by atoms with van der Waals surface area (Å²) in [6.45, 7) is 6.10. The topological polar surface area (TPSA) is 94.2 Å². The maximum Gasteiger partial charge on any atom is 0.319 e. The standard InChI is InChI=1S/C25H33N5O2/c1-3-4-9-15-27-25(31)29-22-13-7-8-14-24(22)32-17-10-16-30-18-23(28-19(30)2)20-11-5-6-12-21(20)26/h5-8,11-14,18H,3-4,9-10,15-17,26H2,1-2H3,(H2,27,29,31). The lowest BCUT2D eigenvalue weighted by Gasteiger charge is -2.13. The fraction of sp³-hybridized carbons (Fsp3) is 0.360. The first-order chi connectivity index (χ1) is 15.6. The number of unbranched alkanes of at least 4 members (excludes halogenated alkanes) is 2. The van der Waals surface area contributed by atoms with E-state index < -0.39 is 0 Å². The number of nitrogens with two attached hydrogens (primary N) is 1. The quantitative estimate of drug-likeness (QED) is 0.284. The molecule has 7 nitrogen and oxygen atoms in total. The van der Waals surface area contributed by atoms with Crippen molar-refractivity contribution >= 4 is 17.4 Å². The van der Waals surface area contributed by atoms with Crippen LogP contribution in [0.1, 0.15) is 38.4 Å². The number of nitrogens with one attached hydrogen (secondary N) is 2. The molecule has 0 aliphatic rings. The first-order valence-electron chi connectivity index (χ1n) is 11.2. The van der Waals surface area contributed by atoms with Gasteiger partial charge in [-0.05, 0) is 38.0 Å². The van der Waals surface area contributed by atoms with Crippen molar-refractivity contribution in [2.45, 2.75) is 46.1 Å². The smallest absolute Gasteiger partial charge is 0.319 e. The second kappa shape index (κ2) is 11.8. The summed E-state index contributed by atoms with van der Waals surface area (Å²) in [6, 6.07) is 15.0. The lowest BCUT2D eigenvalue weighted by Crippen LogP contribution is -2.29. The Bertz CT molecular complexity index is 1020. The molecular weight excluding hydrogens is 402 g/mol. The Kier molecular flexibility index (Phi) is 8.54.